The summed E-state index contributed by atoms with van der Waals surface area (Å²) in [6.45, 7) is 0. The van der Waals surface area contributed by atoms with E-state index in [0.717, 1.165) is 8.61 Å². The van der Waals surface area contributed by atoms with Crippen LogP contribution in [0.5, 0.6) is 0 Å². The van der Waals surface area contributed by atoms with E-state index in [1.165, 1.54) is 75.7 Å². The number of benzene rings is 3. The van der Waals surface area contributed by atoms with Crippen molar-refractivity contribution in [3.05, 3.63) is 83.4 Å². The smallest absolute Gasteiger partial charge is 0.303 e. The molecule has 34 heavy (non-hydrogen) atoms. The van der Waals surface area contributed by atoms with Gasteiger partial charge in [-0.3, -0.25) is 13.8 Å². The first kappa shape index (κ1) is 25.5. The molecule has 0 aromatic heterocycles. The molecule has 3 aromatic rings. The topological polar surface area (TPSA) is 116 Å². The zero-order valence-electron chi connectivity index (χ0n) is 18.6. The maximum Gasteiger partial charge on any atom is 0.303 e. The maximum atomic E-state index is 12.6. The molecule has 2 N–H and O–H groups in total. The van der Waals surface area contributed by atoms with Crippen LogP contribution in [0.15, 0.2) is 77.7 Å². The number of hydrogen-bond acceptors (Lipinski definition) is 5. The molecule has 0 saturated carbocycles. The van der Waals surface area contributed by atoms with E-state index >= 15 is 0 Å². The molecule has 9 nitrogen and oxygen atoms in total. The van der Waals surface area contributed by atoms with Crippen LogP contribution in [0, 0.1) is 0 Å². The third-order valence-corrected chi connectivity index (χ3v) is 8.26. The summed E-state index contributed by atoms with van der Waals surface area (Å²) in [4.78, 5) is 12.6. The third kappa shape index (κ3) is 5.86. The van der Waals surface area contributed by atoms with Crippen molar-refractivity contribution in [2.75, 3.05) is 35.5 Å². The van der Waals surface area contributed by atoms with E-state index in [1.807, 2.05) is 0 Å². The number of nitrogens with zero attached hydrogens (tertiary/aromatic N) is 2. The first-order chi connectivity index (χ1) is 15.9. The summed E-state index contributed by atoms with van der Waals surface area (Å²) in [5, 5.41) is 3.08. The van der Waals surface area contributed by atoms with Crippen molar-refractivity contribution in [2.45, 2.75) is 4.90 Å². The highest BCUT2D eigenvalue weighted by atomic mass is 35.5. The third-order valence-electron chi connectivity index (χ3n) is 4.80. The second-order valence-corrected chi connectivity index (χ2v) is 11.7. The van der Waals surface area contributed by atoms with Gasteiger partial charge in [-0.1, -0.05) is 17.7 Å². The Hall–Kier alpha value is -3.12. The van der Waals surface area contributed by atoms with Gasteiger partial charge in [0.1, 0.15) is 0 Å². The predicted molar refractivity (Wildman–Crippen MR) is 134 cm³/mol. The van der Waals surface area contributed by atoms with E-state index < -0.39 is 26.1 Å². The molecule has 0 fully saturated rings. The lowest BCUT2D eigenvalue weighted by atomic mass is 10.2. The molecule has 3 rings (SSSR count). The van der Waals surface area contributed by atoms with Crippen LogP contribution in [0.1, 0.15) is 10.4 Å². The van der Waals surface area contributed by atoms with Gasteiger partial charge in [0.25, 0.3) is 15.9 Å². The Bertz CT molecular complexity index is 1390. The van der Waals surface area contributed by atoms with Crippen LogP contribution >= 0.6 is 11.6 Å². The summed E-state index contributed by atoms with van der Waals surface area (Å²) < 4.78 is 54.2. The van der Waals surface area contributed by atoms with Gasteiger partial charge in [-0.2, -0.15) is 12.7 Å². The summed E-state index contributed by atoms with van der Waals surface area (Å²) in [5.41, 5.74) is 1.42. The fraction of sp³-hybridized carbons (Fsp3) is 0.136. The van der Waals surface area contributed by atoms with E-state index in [-0.39, 0.29) is 4.90 Å². The lowest BCUT2D eigenvalue weighted by Gasteiger charge is -2.23. The van der Waals surface area contributed by atoms with Crippen LogP contribution < -0.4 is 14.3 Å². The Morgan fingerprint density at radius 2 is 1.44 bits per heavy atom. The summed E-state index contributed by atoms with van der Waals surface area (Å²) in [5.74, 6) is -0.433. The fourth-order valence-corrected chi connectivity index (χ4v) is 5.01. The molecule has 0 bridgehead atoms. The minimum absolute atomic E-state index is 0.0139. The van der Waals surface area contributed by atoms with Crippen LogP contribution in [-0.4, -0.2) is 48.2 Å². The van der Waals surface area contributed by atoms with Crippen molar-refractivity contribution in [2.24, 2.45) is 0 Å². The van der Waals surface area contributed by atoms with E-state index in [9.17, 15) is 21.6 Å². The number of hydrogen-bond donors (Lipinski definition) is 2. The van der Waals surface area contributed by atoms with Crippen molar-refractivity contribution >= 4 is 54.8 Å². The number of halogens is 1. The number of carbonyl (C=O) groups is 1. The normalized spacial score (nSPS) is 11.8. The van der Waals surface area contributed by atoms with Crippen molar-refractivity contribution in [3.8, 4) is 0 Å². The van der Waals surface area contributed by atoms with Crippen molar-refractivity contribution in [1.29, 1.82) is 0 Å². The number of anilines is 3. The molecule has 0 atom stereocenters. The lowest BCUT2D eigenvalue weighted by molar-refractivity contribution is 0.102. The quantitative estimate of drug-likeness (QED) is 0.468. The largest absolute Gasteiger partial charge is 0.322 e. The average Bonchev–Trinajstić information content (AvgIpc) is 2.78. The first-order valence-corrected chi connectivity index (χ1v) is 13.1. The molecule has 0 spiro atoms. The number of amides is 1. The Labute approximate surface area is 204 Å². The van der Waals surface area contributed by atoms with Gasteiger partial charge in [-0.25, -0.2) is 8.42 Å². The van der Waals surface area contributed by atoms with Crippen LogP contribution in [0.2, 0.25) is 5.02 Å². The minimum atomic E-state index is -3.84. The number of sulfonamides is 1. The van der Waals surface area contributed by atoms with Crippen LogP contribution in [0.25, 0.3) is 0 Å². The lowest BCUT2D eigenvalue weighted by Crippen LogP contribution is -2.37. The van der Waals surface area contributed by atoms with Gasteiger partial charge in [0.05, 0.1) is 16.3 Å². The highest BCUT2D eigenvalue weighted by Gasteiger charge is 2.21. The molecule has 0 unspecified atom stereocenters. The zero-order chi connectivity index (χ0) is 25.1. The van der Waals surface area contributed by atoms with Gasteiger partial charge in [0, 0.05) is 37.4 Å². The van der Waals surface area contributed by atoms with Gasteiger partial charge >= 0.3 is 10.2 Å². The molecule has 0 radical (unpaired) electrons. The molecule has 0 saturated heterocycles. The van der Waals surface area contributed by atoms with E-state index in [2.05, 4.69) is 10.0 Å². The first-order valence-electron chi connectivity index (χ1n) is 9.86. The molecule has 3 aromatic carbocycles. The molecule has 1 amide bonds. The summed E-state index contributed by atoms with van der Waals surface area (Å²) >= 11 is 5.89. The Morgan fingerprint density at radius 1 is 0.824 bits per heavy atom. The Balaban J connectivity index is 1.69. The number of carbonyl (C=O) groups excluding carboxylic acids is 1. The summed E-state index contributed by atoms with van der Waals surface area (Å²) in [6, 6.07) is 18.1. The standard InChI is InChI=1S/C22H23ClN4O5S2/c1-26(2)34(31,32)27(3)20-11-7-16(8-12-20)22(28)24-18-9-13-21(14-10-18)33(29,30)25-19-6-4-5-17(23)15-19/h4-15,25H,1-3H3,(H,24,28). The highest BCUT2D eigenvalue weighted by molar-refractivity contribution is 7.92. The van der Waals surface area contributed by atoms with Gasteiger partial charge < -0.3 is 5.32 Å². The van der Waals surface area contributed by atoms with Gasteiger partial charge in [-0.15, -0.1) is 0 Å². The molecule has 0 aliphatic heterocycles. The van der Waals surface area contributed by atoms with Gasteiger partial charge in [0.15, 0.2) is 0 Å². The molecule has 0 aliphatic carbocycles. The minimum Gasteiger partial charge on any atom is -0.322 e. The Morgan fingerprint density at radius 3 is 2.00 bits per heavy atom. The van der Waals surface area contributed by atoms with Crippen LogP contribution in [0.3, 0.4) is 0 Å². The van der Waals surface area contributed by atoms with E-state index in [4.69, 9.17) is 11.6 Å². The maximum absolute atomic E-state index is 12.6. The van der Waals surface area contributed by atoms with Crippen molar-refractivity contribution in [3.63, 3.8) is 0 Å². The average molecular weight is 523 g/mol. The van der Waals surface area contributed by atoms with Crippen LogP contribution in [-0.2, 0) is 20.2 Å². The molecular weight excluding hydrogens is 500 g/mol. The van der Waals surface area contributed by atoms with Gasteiger partial charge in [0.2, 0.25) is 0 Å². The Kier molecular flexibility index (Phi) is 7.51. The summed E-state index contributed by atoms with van der Waals surface area (Å²) in [6.07, 6.45) is 0. The molecule has 12 heteroatoms. The summed E-state index contributed by atoms with van der Waals surface area (Å²) in [7, 11) is -3.21. The monoisotopic (exact) mass is 522 g/mol. The van der Waals surface area contributed by atoms with E-state index in [1.54, 1.807) is 18.2 Å². The molecule has 0 aliphatic rings. The second-order valence-electron chi connectivity index (χ2n) is 7.40. The van der Waals surface area contributed by atoms with Gasteiger partial charge in [-0.05, 0) is 66.7 Å². The predicted octanol–water partition coefficient (Wildman–Crippen LogP) is 3.64. The highest BCUT2D eigenvalue weighted by Crippen LogP contribution is 2.22. The van der Waals surface area contributed by atoms with Crippen molar-refractivity contribution in [1.82, 2.24) is 4.31 Å². The second kappa shape index (κ2) is 10.0. The van der Waals surface area contributed by atoms with E-state index in [0.29, 0.717) is 27.6 Å². The number of rotatable bonds is 8. The van der Waals surface area contributed by atoms with Crippen LogP contribution in [0.4, 0.5) is 17.1 Å². The fourth-order valence-electron chi connectivity index (χ4n) is 2.89. The SMILES string of the molecule is CN(C)S(=O)(=O)N(C)c1ccc(C(=O)Nc2ccc(S(=O)(=O)Nc3cccc(Cl)c3)cc2)cc1. The molecular formula is C22H23ClN4O5S2. The molecule has 0 heterocycles. The zero-order valence-corrected chi connectivity index (χ0v) is 20.9. The number of nitrogens with one attached hydrogen (secondary N) is 2. The molecule has 180 valence electrons. The van der Waals surface area contributed by atoms with Crippen molar-refractivity contribution < 1.29 is 21.6 Å².